The van der Waals surface area contributed by atoms with Gasteiger partial charge in [-0.1, -0.05) is 39.5 Å². The highest BCUT2D eigenvalue weighted by molar-refractivity contribution is 5.80. The average molecular weight is 331 g/mol. The molecule has 3 atom stereocenters. The fourth-order valence-electron chi connectivity index (χ4n) is 2.81. The molecule has 0 aliphatic carbocycles. The molecule has 23 heavy (non-hydrogen) atoms. The Balaban J connectivity index is 3.64. The van der Waals surface area contributed by atoms with Crippen LogP contribution >= 0.6 is 0 Å². The summed E-state index contributed by atoms with van der Waals surface area (Å²) in [6, 6.07) is 0. The minimum Gasteiger partial charge on any atom is -0.396 e. The molecule has 0 radical (unpaired) electrons. The highest BCUT2D eigenvalue weighted by Gasteiger charge is 2.19. The summed E-state index contributed by atoms with van der Waals surface area (Å²) in [5.41, 5.74) is -0.610. The van der Waals surface area contributed by atoms with Gasteiger partial charge in [-0.15, -0.1) is 0 Å². The third-order valence-corrected chi connectivity index (χ3v) is 4.72. The van der Waals surface area contributed by atoms with Crippen LogP contribution in [0.15, 0.2) is 0 Å². The summed E-state index contributed by atoms with van der Waals surface area (Å²) < 4.78 is 0. The van der Waals surface area contributed by atoms with Gasteiger partial charge < -0.3 is 15.3 Å². The molecule has 0 aromatic carbocycles. The molecule has 4 heteroatoms. The molecule has 0 saturated carbocycles. The second-order valence-electron chi connectivity index (χ2n) is 7.47. The fraction of sp³-hybridized carbons (Fsp3) is 0.947. The zero-order valence-electron chi connectivity index (χ0n) is 15.4. The van der Waals surface area contributed by atoms with Gasteiger partial charge in [-0.2, -0.15) is 0 Å². The number of aliphatic hydroxyl groups excluding tert-OH is 2. The van der Waals surface area contributed by atoms with Gasteiger partial charge in [-0.05, 0) is 44.9 Å². The molecule has 0 fully saturated rings. The van der Waals surface area contributed by atoms with E-state index in [1.165, 1.54) is 0 Å². The highest BCUT2D eigenvalue weighted by Crippen LogP contribution is 2.23. The molecule has 0 spiro atoms. The summed E-state index contributed by atoms with van der Waals surface area (Å²) in [5.74, 6) is 0.544. The molecule has 0 aromatic heterocycles. The minimum absolute atomic E-state index is 0.0259. The van der Waals surface area contributed by atoms with Gasteiger partial charge in [0, 0.05) is 25.6 Å². The number of aliphatic hydroxyl groups is 3. The Hall–Kier alpha value is -0.450. The first-order chi connectivity index (χ1) is 10.8. The van der Waals surface area contributed by atoms with Crippen molar-refractivity contribution in [2.45, 2.75) is 90.6 Å². The molecule has 0 amide bonds. The molecule has 0 aliphatic rings. The summed E-state index contributed by atoms with van der Waals surface area (Å²) in [5, 5.41) is 28.1. The van der Waals surface area contributed by atoms with Crippen LogP contribution in [0, 0.1) is 11.8 Å². The number of hydrogen-bond donors (Lipinski definition) is 3. The van der Waals surface area contributed by atoms with E-state index in [1.807, 2.05) is 20.8 Å². The van der Waals surface area contributed by atoms with Gasteiger partial charge in [0.2, 0.25) is 0 Å². The number of ketones is 1. The number of hydrogen-bond acceptors (Lipinski definition) is 4. The molecule has 0 bridgehead atoms. The molecule has 4 nitrogen and oxygen atoms in total. The summed E-state index contributed by atoms with van der Waals surface area (Å²) in [7, 11) is 0. The maximum Gasteiger partial charge on any atom is 0.135 e. The molecule has 3 N–H and O–H groups in total. The highest BCUT2D eigenvalue weighted by atomic mass is 16.3. The Morgan fingerprint density at radius 3 is 2.17 bits per heavy atom. The molecule has 0 heterocycles. The maximum atomic E-state index is 11.8. The lowest BCUT2D eigenvalue weighted by Gasteiger charge is -2.23. The Morgan fingerprint density at radius 1 is 0.957 bits per heavy atom. The van der Waals surface area contributed by atoms with E-state index >= 15 is 0 Å². The van der Waals surface area contributed by atoms with Crippen molar-refractivity contribution in [3.05, 3.63) is 0 Å². The first kappa shape index (κ1) is 22.6. The van der Waals surface area contributed by atoms with Crippen molar-refractivity contribution >= 4 is 5.78 Å². The fourth-order valence-corrected chi connectivity index (χ4v) is 2.81. The molecule has 0 aromatic rings. The van der Waals surface area contributed by atoms with Crippen LogP contribution in [-0.4, -0.2) is 39.9 Å². The van der Waals surface area contributed by atoms with Gasteiger partial charge in [-0.25, -0.2) is 0 Å². The van der Waals surface area contributed by atoms with Gasteiger partial charge in [0.1, 0.15) is 5.78 Å². The Bertz CT molecular complexity index is 302. The second kappa shape index (κ2) is 12.9. The SMILES string of the molecule is CC(CO)CCCC(C)(O)CCCCCCC(=O)C(C)CCO. The largest absolute Gasteiger partial charge is 0.396 e. The summed E-state index contributed by atoms with van der Waals surface area (Å²) in [4.78, 5) is 11.8. The van der Waals surface area contributed by atoms with E-state index in [0.29, 0.717) is 18.8 Å². The van der Waals surface area contributed by atoms with Crippen molar-refractivity contribution in [3.8, 4) is 0 Å². The quantitative estimate of drug-likeness (QED) is 0.402. The summed E-state index contributed by atoms with van der Waals surface area (Å²) >= 11 is 0. The predicted octanol–water partition coefficient (Wildman–Crippen LogP) is 3.46. The number of unbranched alkanes of at least 4 members (excludes halogenated alkanes) is 3. The Kier molecular flexibility index (Phi) is 12.7. The van der Waals surface area contributed by atoms with Crippen molar-refractivity contribution in [2.24, 2.45) is 11.8 Å². The van der Waals surface area contributed by atoms with E-state index in [-0.39, 0.29) is 24.9 Å². The molecular weight excluding hydrogens is 292 g/mol. The summed E-state index contributed by atoms with van der Waals surface area (Å²) in [6.07, 6.45) is 8.64. The predicted molar refractivity (Wildman–Crippen MR) is 94.3 cm³/mol. The van der Waals surface area contributed by atoms with E-state index in [4.69, 9.17) is 10.2 Å². The second-order valence-corrected chi connectivity index (χ2v) is 7.47. The van der Waals surface area contributed by atoms with Crippen molar-refractivity contribution in [1.29, 1.82) is 0 Å². The Morgan fingerprint density at radius 2 is 1.57 bits per heavy atom. The van der Waals surface area contributed by atoms with Crippen molar-refractivity contribution in [1.82, 2.24) is 0 Å². The number of carbonyl (C=O) groups is 1. The smallest absolute Gasteiger partial charge is 0.135 e. The van der Waals surface area contributed by atoms with E-state index in [1.54, 1.807) is 0 Å². The Labute approximate surface area is 142 Å². The van der Waals surface area contributed by atoms with Crippen molar-refractivity contribution in [3.63, 3.8) is 0 Å². The van der Waals surface area contributed by atoms with Crippen LogP contribution in [0.4, 0.5) is 0 Å². The van der Waals surface area contributed by atoms with Gasteiger partial charge in [-0.3, -0.25) is 4.79 Å². The molecule has 0 saturated heterocycles. The molecule has 138 valence electrons. The average Bonchev–Trinajstić information content (AvgIpc) is 2.50. The van der Waals surface area contributed by atoms with Crippen LogP contribution in [0.5, 0.6) is 0 Å². The van der Waals surface area contributed by atoms with Crippen molar-refractivity contribution in [2.75, 3.05) is 13.2 Å². The zero-order chi connectivity index (χ0) is 17.7. The molecular formula is C19H38O4. The molecule has 0 aliphatic heterocycles. The third kappa shape index (κ3) is 12.6. The number of Topliss-reactive ketones (excluding diaryl/α,β-unsaturated/α-hetero) is 1. The normalized spacial score (nSPS) is 16.8. The molecule has 0 rings (SSSR count). The zero-order valence-corrected chi connectivity index (χ0v) is 15.4. The van der Waals surface area contributed by atoms with Crippen LogP contribution in [0.2, 0.25) is 0 Å². The van der Waals surface area contributed by atoms with Gasteiger partial charge in [0.25, 0.3) is 0 Å². The maximum absolute atomic E-state index is 11.8. The van der Waals surface area contributed by atoms with Gasteiger partial charge >= 0.3 is 0 Å². The van der Waals surface area contributed by atoms with Crippen LogP contribution in [-0.2, 0) is 4.79 Å². The lowest BCUT2D eigenvalue weighted by molar-refractivity contribution is -0.122. The summed E-state index contributed by atoms with van der Waals surface area (Å²) in [6.45, 7) is 6.11. The monoisotopic (exact) mass is 330 g/mol. The van der Waals surface area contributed by atoms with Crippen LogP contribution in [0.1, 0.15) is 85.0 Å². The van der Waals surface area contributed by atoms with E-state index in [0.717, 1.165) is 51.4 Å². The van der Waals surface area contributed by atoms with E-state index in [2.05, 4.69) is 0 Å². The third-order valence-electron chi connectivity index (χ3n) is 4.72. The van der Waals surface area contributed by atoms with Gasteiger partial charge in [0.05, 0.1) is 5.60 Å². The first-order valence-corrected chi connectivity index (χ1v) is 9.29. The first-order valence-electron chi connectivity index (χ1n) is 9.29. The van der Waals surface area contributed by atoms with Crippen LogP contribution < -0.4 is 0 Å². The van der Waals surface area contributed by atoms with E-state index < -0.39 is 5.60 Å². The number of carbonyl (C=O) groups excluding carboxylic acids is 1. The number of rotatable bonds is 15. The van der Waals surface area contributed by atoms with Crippen LogP contribution in [0.25, 0.3) is 0 Å². The van der Waals surface area contributed by atoms with Gasteiger partial charge in [0.15, 0.2) is 0 Å². The van der Waals surface area contributed by atoms with Crippen LogP contribution in [0.3, 0.4) is 0 Å². The lowest BCUT2D eigenvalue weighted by atomic mass is 9.90. The molecule has 3 unspecified atom stereocenters. The topological polar surface area (TPSA) is 77.8 Å². The lowest BCUT2D eigenvalue weighted by Crippen LogP contribution is -2.24. The standard InChI is InChI=1S/C19H38O4/c1-16(15-21)9-8-13-19(3,23)12-7-5-4-6-10-18(22)17(2)11-14-20/h16-17,20-21,23H,4-15H2,1-3H3. The van der Waals surface area contributed by atoms with Crippen molar-refractivity contribution < 1.29 is 20.1 Å². The van der Waals surface area contributed by atoms with E-state index in [9.17, 15) is 9.90 Å². The minimum atomic E-state index is -0.610.